The Morgan fingerprint density at radius 1 is 1.11 bits per heavy atom. The Morgan fingerprint density at radius 2 is 1.89 bits per heavy atom. The highest BCUT2D eigenvalue weighted by molar-refractivity contribution is 5.22. The molecule has 0 bridgehead atoms. The molecule has 0 saturated heterocycles. The zero-order chi connectivity index (χ0) is 13.5. The molecule has 0 spiro atoms. The fourth-order valence-electron chi connectivity index (χ4n) is 3.47. The van der Waals surface area contributed by atoms with Gasteiger partial charge in [0.1, 0.15) is 0 Å². The van der Waals surface area contributed by atoms with Crippen LogP contribution in [0.2, 0.25) is 0 Å². The van der Waals surface area contributed by atoms with E-state index < -0.39 is 0 Å². The third kappa shape index (κ3) is 4.65. The molecule has 1 saturated carbocycles. The van der Waals surface area contributed by atoms with Crippen LogP contribution in [0.1, 0.15) is 50.2 Å². The molecule has 1 aromatic carbocycles. The maximum atomic E-state index is 3.57. The summed E-state index contributed by atoms with van der Waals surface area (Å²) < 4.78 is 0. The number of nitrogens with one attached hydrogen (secondary N) is 1. The minimum absolute atomic E-state index is 0.878. The fourth-order valence-corrected chi connectivity index (χ4v) is 3.47. The molecule has 2 atom stereocenters. The topological polar surface area (TPSA) is 12.0 Å². The number of hydrogen-bond acceptors (Lipinski definition) is 1. The van der Waals surface area contributed by atoms with Gasteiger partial charge in [0, 0.05) is 0 Å². The predicted molar refractivity (Wildman–Crippen MR) is 83.5 cm³/mol. The average molecular weight is 259 g/mol. The molecule has 1 aliphatic carbocycles. The largest absolute Gasteiger partial charge is 0.317 e. The van der Waals surface area contributed by atoms with Gasteiger partial charge in [0.05, 0.1) is 0 Å². The summed E-state index contributed by atoms with van der Waals surface area (Å²) in [6, 6.07) is 9.09. The van der Waals surface area contributed by atoms with Gasteiger partial charge in [-0.15, -0.1) is 0 Å². The van der Waals surface area contributed by atoms with Crippen molar-refractivity contribution in [2.45, 2.75) is 52.4 Å². The van der Waals surface area contributed by atoms with E-state index in [1.165, 1.54) is 56.2 Å². The van der Waals surface area contributed by atoms with E-state index in [9.17, 15) is 0 Å². The minimum atomic E-state index is 0.878. The average Bonchev–Trinajstić information content (AvgIpc) is 2.62. The summed E-state index contributed by atoms with van der Waals surface area (Å²) >= 11 is 0. The van der Waals surface area contributed by atoms with Crippen LogP contribution in [0.15, 0.2) is 24.3 Å². The molecule has 1 aromatic rings. The molecule has 0 amide bonds. The van der Waals surface area contributed by atoms with Crippen molar-refractivity contribution in [2.24, 2.45) is 11.8 Å². The van der Waals surface area contributed by atoms with Crippen molar-refractivity contribution in [3.8, 4) is 0 Å². The summed E-state index contributed by atoms with van der Waals surface area (Å²) in [4.78, 5) is 0. The maximum Gasteiger partial charge on any atom is -0.00179 e. The van der Waals surface area contributed by atoms with E-state index in [0.29, 0.717) is 0 Å². The highest BCUT2D eigenvalue weighted by Gasteiger charge is 2.23. The summed E-state index contributed by atoms with van der Waals surface area (Å²) in [6.45, 7) is 6.74. The van der Waals surface area contributed by atoms with Crippen molar-refractivity contribution in [1.82, 2.24) is 5.32 Å². The summed E-state index contributed by atoms with van der Waals surface area (Å²) in [6.07, 6.45) is 8.41. The van der Waals surface area contributed by atoms with Gasteiger partial charge in [0.15, 0.2) is 0 Å². The number of aryl methyl sites for hydroxylation is 1. The Bertz CT molecular complexity index is 372. The van der Waals surface area contributed by atoms with Crippen LogP contribution in [0.4, 0.5) is 0 Å². The number of rotatable bonds is 5. The molecule has 106 valence electrons. The van der Waals surface area contributed by atoms with Gasteiger partial charge in [0.25, 0.3) is 0 Å². The molecule has 19 heavy (non-hydrogen) atoms. The zero-order valence-electron chi connectivity index (χ0n) is 12.6. The number of hydrogen-bond donors (Lipinski definition) is 1. The monoisotopic (exact) mass is 259 g/mol. The molecule has 1 N–H and O–H groups in total. The van der Waals surface area contributed by atoms with Gasteiger partial charge in [-0.1, -0.05) is 56.0 Å². The number of benzene rings is 1. The van der Waals surface area contributed by atoms with Crippen LogP contribution in [0.5, 0.6) is 0 Å². The van der Waals surface area contributed by atoms with Gasteiger partial charge in [0.2, 0.25) is 0 Å². The predicted octanol–water partition coefficient (Wildman–Crippen LogP) is 4.34. The van der Waals surface area contributed by atoms with Crippen molar-refractivity contribution in [2.75, 3.05) is 13.1 Å². The highest BCUT2D eigenvalue weighted by Crippen LogP contribution is 2.31. The van der Waals surface area contributed by atoms with Crippen LogP contribution in [0.25, 0.3) is 0 Å². The van der Waals surface area contributed by atoms with E-state index in [1.807, 2.05) is 0 Å². The Kier molecular flexibility index (Phi) is 5.91. The van der Waals surface area contributed by atoms with Crippen molar-refractivity contribution >= 4 is 0 Å². The van der Waals surface area contributed by atoms with E-state index in [0.717, 1.165) is 18.4 Å². The first-order valence-electron chi connectivity index (χ1n) is 8.06. The van der Waals surface area contributed by atoms with Crippen LogP contribution in [-0.2, 0) is 6.42 Å². The van der Waals surface area contributed by atoms with Gasteiger partial charge in [-0.05, 0) is 56.7 Å². The summed E-state index contributed by atoms with van der Waals surface area (Å²) in [5.41, 5.74) is 2.93. The minimum Gasteiger partial charge on any atom is -0.317 e. The van der Waals surface area contributed by atoms with Crippen LogP contribution >= 0.6 is 0 Å². The molecule has 0 aromatic heterocycles. The summed E-state index contributed by atoms with van der Waals surface area (Å²) in [5, 5.41) is 3.57. The van der Waals surface area contributed by atoms with Gasteiger partial charge < -0.3 is 5.32 Å². The summed E-state index contributed by atoms with van der Waals surface area (Å²) in [7, 11) is 0. The van der Waals surface area contributed by atoms with Gasteiger partial charge in [-0.3, -0.25) is 0 Å². The van der Waals surface area contributed by atoms with Crippen molar-refractivity contribution < 1.29 is 0 Å². The third-order valence-electron chi connectivity index (χ3n) is 4.55. The molecule has 0 heterocycles. The lowest BCUT2D eigenvalue weighted by atomic mass is 9.83. The lowest BCUT2D eigenvalue weighted by molar-refractivity contribution is 0.299. The van der Waals surface area contributed by atoms with E-state index in [2.05, 4.69) is 43.4 Å². The highest BCUT2D eigenvalue weighted by atomic mass is 14.8. The normalized spacial score (nSPS) is 24.1. The molecular weight excluding hydrogens is 230 g/mol. The van der Waals surface area contributed by atoms with Crippen molar-refractivity contribution in [3.63, 3.8) is 0 Å². The SMILES string of the molecule is CCNCC1CCCCCC1Cc1cccc(C)c1. The van der Waals surface area contributed by atoms with Gasteiger partial charge in [-0.25, -0.2) is 0 Å². The van der Waals surface area contributed by atoms with Gasteiger partial charge >= 0.3 is 0 Å². The first kappa shape index (κ1) is 14.6. The van der Waals surface area contributed by atoms with Crippen molar-refractivity contribution in [3.05, 3.63) is 35.4 Å². The molecule has 1 nitrogen and oxygen atoms in total. The first-order valence-corrected chi connectivity index (χ1v) is 8.06. The smallest absolute Gasteiger partial charge is 0.00179 e. The molecule has 0 radical (unpaired) electrons. The van der Waals surface area contributed by atoms with Crippen LogP contribution < -0.4 is 5.32 Å². The maximum absolute atomic E-state index is 3.57. The van der Waals surface area contributed by atoms with Gasteiger partial charge in [-0.2, -0.15) is 0 Å². The Morgan fingerprint density at radius 3 is 2.63 bits per heavy atom. The summed E-state index contributed by atoms with van der Waals surface area (Å²) in [5.74, 6) is 1.76. The molecule has 1 heteroatoms. The molecule has 1 aliphatic rings. The molecule has 1 fully saturated rings. The second kappa shape index (κ2) is 7.69. The van der Waals surface area contributed by atoms with E-state index >= 15 is 0 Å². The Balaban J connectivity index is 2.00. The molecule has 2 unspecified atom stereocenters. The van der Waals surface area contributed by atoms with Crippen LogP contribution in [-0.4, -0.2) is 13.1 Å². The standard InChI is InChI=1S/C18H29N/c1-3-19-14-18-11-6-4-5-10-17(18)13-16-9-7-8-15(2)12-16/h7-9,12,17-19H,3-6,10-11,13-14H2,1-2H3. The van der Waals surface area contributed by atoms with Crippen LogP contribution in [0.3, 0.4) is 0 Å². The van der Waals surface area contributed by atoms with E-state index in [4.69, 9.17) is 0 Å². The van der Waals surface area contributed by atoms with E-state index in [1.54, 1.807) is 0 Å². The third-order valence-corrected chi connectivity index (χ3v) is 4.55. The lowest BCUT2D eigenvalue weighted by Crippen LogP contribution is -2.28. The molecular formula is C18H29N. The zero-order valence-corrected chi connectivity index (χ0v) is 12.6. The Hall–Kier alpha value is -0.820. The Labute approximate surface area is 118 Å². The quantitative estimate of drug-likeness (QED) is 0.775. The fraction of sp³-hybridized carbons (Fsp3) is 0.667. The van der Waals surface area contributed by atoms with E-state index in [-0.39, 0.29) is 0 Å². The van der Waals surface area contributed by atoms with Crippen molar-refractivity contribution in [1.29, 1.82) is 0 Å². The molecule has 2 rings (SSSR count). The second-order valence-corrected chi connectivity index (χ2v) is 6.16. The second-order valence-electron chi connectivity index (χ2n) is 6.16. The lowest BCUT2D eigenvalue weighted by Gasteiger charge is -2.25. The molecule has 0 aliphatic heterocycles. The van der Waals surface area contributed by atoms with Crippen LogP contribution in [0, 0.1) is 18.8 Å². The first-order chi connectivity index (χ1) is 9.29.